The Kier molecular flexibility index (Phi) is 4.06. The number of fused-ring (bicyclic) bond motifs is 3. The number of rotatable bonds is 3. The maximum atomic E-state index is 13.2. The van der Waals surface area contributed by atoms with Crippen molar-refractivity contribution in [3.05, 3.63) is 47.7 Å². The van der Waals surface area contributed by atoms with Crippen molar-refractivity contribution in [1.82, 2.24) is 14.9 Å². The Bertz CT molecular complexity index is 731. The van der Waals surface area contributed by atoms with E-state index in [1.165, 1.54) is 18.6 Å². The molecule has 5 heteroatoms. The van der Waals surface area contributed by atoms with Crippen LogP contribution in [-0.2, 0) is 0 Å². The first-order valence-corrected chi connectivity index (χ1v) is 8.69. The van der Waals surface area contributed by atoms with Crippen molar-refractivity contribution in [1.29, 1.82) is 0 Å². The van der Waals surface area contributed by atoms with Gasteiger partial charge in [-0.15, -0.1) is 0 Å². The van der Waals surface area contributed by atoms with Gasteiger partial charge in [0.05, 0.1) is 5.69 Å². The average molecular weight is 326 g/mol. The summed E-state index contributed by atoms with van der Waals surface area (Å²) in [7, 11) is 0. The van der Waals surface area contributed by atoms with E-state index >= 15 is 0 Å². The molecular weight excluding hydrogens is 303 g/mol. The third-order valence-electron chi connectivity index (χ3n) is 5.53. The molecule has 3 fully saturated rings. The smallest absolute Gasteiger partial charge is 0.126 e. The molecule has 2 N–H and O–H groups in total. The van der Waals surface area contributed by atoms with Crippen molar-refractivity contribution < 1.29 is 4.39 Å². The van der Waals surface area contributed by atoms with Gasteiger partial charge in [0.15, 0.2) is 0 Å². The molecule has 0 aliphatic carbocycles. The van der Waals surface area contributed by atoms with Gasteiger partial charge in [-0.2, -0.15) is 0 Å². The largest absolute Gasteiger partial charge is 0.329 e. The summed E-state index contributed by atoms with van der Waals surface area (Å²) in [5.74, 6) is 1.65. The van der Waals surface area contributed by atoms with Gasteiger partial charge in [-0.3, -0.25) is 4.90 Å². The van der Waals surface area contributed by atoms with Gasteiger partial charge in [0, 0.05) is 36.3 Å². The van der Waals surface area contributed by atoms with E-state index < -0.39 is 0 Å². The second kappa shape index (κ2) is 6.22. The van der Waals surface area contributed by atoms with Crippen molar-refractivity contribution in [2.45, 2.75) is 31.7 Å². The van der Waals surface area contributed by atoms with E-state index in [0.717, 1.165) is 48.8 Å². The molecule has 2 aromatic rings. The fourth-order valence-electron chi connectivity index (χ4n) is 4.27. The minimum Gasteiger partial charge on any atom is -0.329 e. The standard InChI is InChI=1S/C19H23FN4/c1-12-22-18(13-2-4-15(20)5-3-13)9-19(23-12)17-11-24-7-6-14(17)8-16(24)10-21/h2-5,9,14,16-17H,6-8,10-11,21H2,1H3/t14-,16+,17+/m0/s1. The maximum absolute atomic E-state index is 13.2. The van der Waals surface area contributed by atoms with Crippen LogP contribution in [0.25, 0.3) is 11.3 Å². The first-order valence-electron chi connectivity index (χ1n) is 8.69. The van der Waals surface area contributed by atoms with Crippen LogP contribution in [0.5, 0.6) is 0 Å². The summed E-state index contributed by atoms with van der Waals surface area (Å²) in [4.78, 5) is 11.8. The number of nitrogens with two attached hydrogens (primary N) is 1. The molecule has 0 radical (unpaired) electrons. The topological polar surface area (TPSA) is 55.0 Å². The van der Waals surface area contributed by atoms with Crippen LogP contribution in [0.1, 0.15) is 30.3 Å². The van der Waals surface area contributed by atoms with E-state index in [0.29, 0.717) is 17.9 Å². The summed E-state index contributed by atoms with van der Waals surface area (Å²) in [6, 6.07) is 9.13. The zero-order valence-corrected chi connectivity index (χ0v) is 14.0. The summed E-state index contributed by atoms with van der Waals surface area (Å²) in [5.41, 5.74) is 8.84. The quantitative estimate of drug-likeness (QED) is 0.942. The number of benzene rings is 1. The fraction of sp³-hybridized carbons (Fsp3) is 0.474. The van der Waals surface area contributed by atoms with Crippen molar-refractivity contribution in [3.63, 3.8) is 0 Å². The predicted octanol–water partition coefficient (Wildman–Crippen LogP) is 2.73. The summed E-state index contributed by atoms with van der Waals surface area (Å²) in [6.07, 6.45) is 2.38. The molecule has 0 saturated carbocycles. The van der Waals surface area contributed by atoms with E-state index in [4.69, 9.17) is 10.7 Å². The Morgan fingerprint density at radius 3 is 2.71 bits per heavy atom. The minimum atomic E-state index is -0.227. The highest BCUT2D eigenvalue weighted by atomic mass is 19.1. The second-order valence-electron chi connectivity index (χ2n) is 7.01. The molecule has 126 valence electrons. The molecule has 3 saturated heterocycles. The maximum Gasteiger partial charge on any atom is 0.126 e. The number of aromatic nitrogens is 2. The normalized spacial score (nSPS) is 29.0. The number of nitrogens with zero attached hydrogens (tertiary/aromatic N) is 3. The lowest BCUT2D eigenvalue weighted by Crippen LogP contribution is -2.55. The average Bonchev–Trinajstić information content (AvgIpc) is 2.62. The molecule has 4 nitrogen and oxygen atoms in total. The van der Waals surface area contributed by atoms with Crippen LogP contribution in [0, 0.1) is 18.7 Å². The Balaban J connectivity index is 1.66. The molecule has 2 bridgehead atoms. The predicted molar refractivity (Wildman–Crippen MR) is 92.0 cm³/mol. The molecule has 4 atom stereocenters. The van der Waals surface area contributed by atoms with Crippen molar-refractivity contribution in [3.8, 4) is 11.3 Å². The Labute approximate surface area is 141 Å². The fourth-order valence-corrected chi connectivity index (χ4v) is 4.27. The van der Waals surface area contributed by atoms with E-state index in [9.17, 15) is 4.39 Å². The molecule has 4 heterocycles. The highest BCUT2D eigenvalue weighted by Gasteiger charge is 2.40. The van der Waals surface area contributed by atoms with Gasteiger partial charge < -0.3 is 5.73 Å². The molecule has 1 aromatic carbocycles. The zero-order valence-electron chi connectivity index (χ0n) is 14.0. The van der Waals surface area contributed by atoms with Crippen molar-refractivity contribution in [2.75, 3.05) is 19.6 Å². The van der Waals surface area contributed by atoms with Gasteiger partial charge in [-0.05, 0) is 62.6 Å². The van der Waals surface area contributed by atoms with Crippen LogP contribution in [0.4, 0.5) is 4.39 Å². The van der Waals surface area contributed by atoms with E-state index in [2.05, 4.69) is 16.0 Å². The lowest BCUT2D eigenvalue weighted by atomic mass is 9.74. The first kappa shape index (κ1) is 15.7. The molecule has 1 unspecified atom stereocenters. The van der Waals surface area contributed by atoms with Gasteiger partial charge >= 0.3 is 0 Å². The summed E-state index contributed by atoms with van der Waals surface area (Å²) >= 11 is 0. The van der Waals surface area contributed by atoms with Gasteiger partial charge in [0.1, 0.15) is 11.6 Å². The van der Waals surface area contributed by atoms with Gasteiger partial charge in [0.25, 0.3) is 0 Å². The highest BCUT2D eigenvalue weighted by Crippen LogP contribution is 2.41. The minimum absolute atomic E-state index is 0.227. The molecule has 3 aliphatic rings. The molecule has 0 amide bonds. The van der Waals surface area contributed by atoms with E-state index in [1.54, 1.807) is 12.1 Å². The zero-order chi connectivity index (χ0) is 16.7. The number of aryl methyl sites for hydroxylation is 1. The Morgan fingerprint density at radius 2 is 2.04 bits per heavy atom. The highest BCUT2D eigenvalue weighted by molar-refractivity contribution is 5.59. The Morgan fingerprint density at radius 1 is 1.25 bits per heavy atom. The van der Waals surface area contributed by atoms with E-state index in [-0.39, 0.29) is 5.82 Å². The van der Waals surface area contributed by atoms with Crippen molar-refractivity contribution in [2.24, 2.45) is 11.7 Å². The second-order valence-corrected chi connectivity index (χ2v) is 7.01. The molecule has 0 spiro atoms. The summed E-state index contributed by atoms with van der Waals surface area (Å²) < 4.78 is 13.2. The third-order valence-corrected chi connectivity index (χ3v) is 5.53. The third kappa shape index (κ3) is 2.82. The number of hydrogen-bond donors (Lipinski definition) is 1. The summed E-state index contributed by atoms with van der Waals surface area (Å²) in [5, 5.41) is 0. The van der Waals surface area contributed by atoms with Crippen LogP contribution in [0.3, 0.4) is 0 Å². The molecule has 5 rings (SSSR count). The Hall–Kier alpha value is -1.85. The van der Waals surface area contributed by atoms with Crippen molar-refractivity contribution >= 4 is 0 Å². The number of halogens is 1. The number of piperidine rings is 3. The van der Waals surface area contributed by atoms with Crippen LogP contribution < -0.4 is 5.73 Å². The molecular formula is C19H23FN4. The van der Waals surface area contributed by atoms with E-state index in [1.807, 2.05) is 6.92 Å². The SMILES string of the molecule is Cc1nc(-c2ccc(F)cc2)cc([C@@H]2CN3CC[C@H]2C[C@@H]3CN)n1. The molecule has 3 aliphatic heterocycles. The molecule has 24 heavy (non-hydrogen) atoms. The van der Waals surface area contributed by atoms with Gasteiger partial charge in [-0.1, -0.05) is 0 Å². The number of hydrogen-bond acceptors (Lipinski definition) is 4. The summed E-state index contributed by atoms with van der Waals surface area (Å²) in [6.45, 7) is 4.86. The lowest BCUT2D eigenvalue weighted by Gasteiger charge is -2.49. The van der Waals surface area contributed by atoms with Gasteiger partial charge in [0.2, 0.25) is 0 Å². The molecule has 1 aromatic heterocycles. The monoisotopic (exact) mass is 326 g/mol. The van der Waals surface area contributed by atoms with Crippen LogP contribution in [0.2, 0.25) is 0 Å². The van der Waals surface area contributed by atoms with Crippen LogP contribution >= 0.6 is 0 Å². The first-order chi connectivity index (χ1) is 11.6. The lowest BCUT2D eigenvalue weighted by molar-refractivity contribution is 0.0333. The van der Waals surface area contributed by atoms with Gasteiger partial charge in [-0.25, -0.2) is 14.4 Å². The van der Waals surface area contributed by atoms with Crippen LogP contribution in [0.15, 0.2) is 30.3 Å². The van der Waals surface area contributed by atoms with Crippen LogP contribution in [-0.4, -0.2) is 40.5 Å².